The fourth-order valence-electron chi connectivity index (χ4n) is 6.33. The fraction of sp³-hybridized carbons (Fsp3) is 0.355. The molecule has 1 aromatic carbocycles. The predicted molar refractivity (Wildman–Crippen MR) is 164 cm³/mol. The zero-order valence-corrected chi connectivity index (χ0v) is 26.1. The Bertz CT molecular complexity index is 2100. The highest BCUT2D eigenvalue weighted by molar-refractivity contribution is 6.33. The Kier molecular flexibility index (Phi) is 8.15. The highest BCUT2D eigenvalue weighted by atomic mass is 35.5. The first-order valence-electron chi connectivity index (χ1n) is 15.1. The Labute approximate surface area is 278 Å². The molecule has 4 aromatic rings. The molecule has 2 amide bonds. The van der Waals surface area contributed by atoms with E-state index < -0.39 is 54.0 Å². The van der Waals surface area contributed by atoms with Crippen LogP contribution in [0.2, 0.25) is 5.02 Å². The van der Waals surface area contributed by atoms with Gasteiger partial charge in [0.05, 0.1) is 53.9 Å². The molecule has 3 aliphatic heterocycles. The largest absolute Gasteiger partial charge is 0.505 e. The molecule has 7 rings (SSSR count). The van der Waals surface area contributed by atoms with Crippen molar-refractivity contribution in [1.82, 2.24) is 29.0 Å². The van der Waals surface area contributed by atoms with Crippen LogP contribution in [0.3, 0.4) is 0 Å². The SMILES string of the molecule is O=C(Cn1c2c(c(=O)n3nc(C4=CCOCC4)nc13)[C@]1(CCN(C(=O)c3ncccc3O)C[C@H]1F)OC2)Nc1ccc(C(F)(F)F)cc1Cl. The Morgan fingerprint density at radius 3 is 2.73 bits per heavy atom. The molecule has 3 aliphatic rings. The number of anilines is 1. The minimum Gasteiger partial charge on any atom is -0.505 e. The number of halogens is 5. The highest BCUT2D eigenvalue weighted by Crippen LogP contribution is 2.45. The molecule has 2 atom stereocenters. The number of piperidine rings is 1. The number of carbonyl (C=O) groups excluding carboxylic acids is 2. The zero-order valence-electron chi connectivity index (χ0n) is 25.3. The third-order valence-electron chi connectivity index (χ3n) is 8.78. The molecule has 1 fully saturated rings. The Hall–Kier alpha value is -4.87. The summed E-state index contributed by atoms with van der Waals surface area (Å²) in [6.07, 6.45) is -3.19. The van der Waals surface area contributed by atoms with E-state index in [0.29, 0.717) is 31.3 Å². The van der Waals surface area contributed by atoms with Gasteiger partial charge in [0.25, 0.3) is 11.5 Å². The van der Waals surface area contributed by atoms with E-state index in [9.17, 15) is 32.7 Å². The molecule has 1 saturated heterocycles. The minimum atomic E-state index is -4.65. The maximum absolute atomic E-state index is 16.4. The van der Waals surface area contributed by atoms with Gasteiger partial charge < -0.3 is 29.4 Å². The van der Waals surface area contributed by atoms with Crippen molar-refractivity contribution in [3.63, 3.8) is 0 Å². The van der Waals surface area contributed by atoms with E-state index in [1.54, 1.807) is 6.08 Å². The lowest BCUT2D eigenvalue weighted by Gasteiger charge is -2.41. The van der Waals surface area contributed by atoms with Crippen LogP contribution in [0.15, 0.2) is 47.4 Å². The third-order valence-corrected chi connectivity index (χ3v) is 9.09. The number of aromatic hydroxyl groups is 1. The van der Waals surface area contributed by atoms with E-state index in [1.807, 2.05) is 0 Å². The van der Waals surface area contributed by atoms with Crippen molar-refractivity contribution in [2.24, 2.45) is 0 Å². The molecular weight excluding hydrogens is 678 g/mol. The van der Waals surface area contributed by atoms with Crippen molar-refractivity contribution in [2.45, 2.75) is 43.9 Å². The summed E-state index contributed by atoms with van der Waals surface area (Å²) in [7, 11) is 0. The number of aromatic nitrogens is 5. The molecule has 256 valence electrons. The summed E-state index contributed by atoms with van der Waals surface area (Å²) < 4.78 is 69.6. The van der Waals surface area contributed by atoms with Crippen LogP contribution >= 0.6 is 11.6 Å². The number of fused-ring (bicyclic) bond motifs is 3. The molecule has 18 heteroatoms. The van der Waals surface area contributed by atoms with Gasteiger partial charge in [-0.3, -0.25) is 14.4 Å². The number of hydrogen-bond acceptors (Lipinski definition) is 9. The highest BCUT2D eigenvalue weighted by Gasteiger charge is 2.54. The third kappa shape index (κ3) is 5.70. The van der Waals surface area contributed by atoms with Crippen molar-refractivity contribution < 1.29 is 41.7 Å². The van der Waals surface area contributed by atoms with Crippen molar-refractivity contribution >= 4 is 40.5 Å². The summed E-state index contributed by atoms with van der Waals surface area (Å²) in [5, 5.41) is 16.7. The van der Waals surface area contributed by atoms with Crippen molar-refractivity contribution in [3.05, 3.63) is 86.3 Å². The number of pyridine rings is 1. The molecule has 0 unspecified atom stereocenters. The summed E-state index contributed by atoms with van der Waals surface area (Å²) in [4.78, 5) is 50.3. The number of carbonyl (C=O) groups is 2. The molecule has 6 heterocycles. The van der Waals surface area contributed by atoms with Gasteiger partial charge >= 0.3 is 6.18 Å². The summed E-state index contributed by atoms with van der Waals surface area (Å²) in [5.41, 5.74) is -3.13. The van der Waals surface area contributed by atoms with Crippen molar-refractivity contribution in [3.8, 4) is 5.75 Å². The summed E-state index contributed by atoms with van der Waals surface area (Å²) in [6.45, 7) is -0.686. The second kappa shape index (κ2) is 12.2. The Morgan fingerprint density at radius 2 is 2.04 bits per heavy atom. The molecule has 0 aliphatic carbocycles. The van der Waals surface area contributed by atoms with E-state index in [-0.39, 0.29) is 64.6 Å². The van der Waals surface area contributed by atoms with Crippen LogP contribution in [0.1, 0.15) is 46.0 Å². The first kappa shape index (κ1) is 32.7. The second-order valence-corrected chi connectivity index (χ2v) is 12.1. The van der Waals surface area contributed by atoms with E-state index in [4.69, 9.17) is 21.1 Å². The summed E-state index contributed by atoms with van der Waals surface area (Å²) >= 11 is 6.06. The number of amides is 2. The van der Waals surface area contributed by atoms with Gasteiger partial charge in [-0.05, 0) is 42.3 Å². The van der Waals surface area contributed by atoms with Crippen LogP contribution in [-0.4, -0.2) is 78.4 Å². The van der Waals surface area contributed by atoms with Gasteiger partial charge in [-0.25, -0.2) is 9.37 Å². The van der Waals surface area contributed by atoms with Gasteiger partial charge in [-0.2, -0.15) is 22.7 Å². The van der Waals surface area contributed by atoms with Gasteiger partial charge in [0.2, 0.25) is 11.7 Å². The van der Waals surface area contributed by atoms with E-state index in [2.05, 4.69) is 20.4 Å². The average Bonchev–Trinajstić information content (AvgIpc) is 3.69. The van der Waals surface area contributed by atoms with E-state index in [0.717, 1.165) is 16.6 Å². The standard InChI is InChI=1S/C31H26ClF4N7O6/c32-18-12-17(31(34,35)36)3-4-19(18)38-23(45)14-42-20-15-49-30(7-9-41(13-22(30)33)28(47)25-21(44)2-1-8-37-25)24(20)27(46)43-29(42)39-26(40-43)16-5-10-48-11-6-16/h1-5,8,12,22,44H,6-7,9-11,13-15H2,(H,38,45)/t22-,30-/m1/s1. The van der Waals surface area contributed by atoms with E-state index >= 15 is 4.39 Å². The molecule has 2 N–H and O–H groups in total. The van der Waals surface area contributed by atoms with E-state index in [1.165, 1.54) is 27.8 Å². The minimum absolute atomic E-state index is 0.0471. The number of ether oxygens (including phenoxy) is 2. The Balaban J connectivity index is 1.26. The lowest BCUT2D eigenvalue weighted by Crippen LogP contribution is -2.55. The first-order chi connectivity index (χ1) is 23.4. The molecule has 3 aromatic heterocycles. The van der Waals surface area contributed by atoms with Gasteiger partial charge in [-0.15, -0.1) is 5.10 Å². The van der Waals surface area contributed by atoms with Gasteiger partial charge in [0.1, 0.15) is 17.9 Å². The number of alkyl halides is 4. The lowest BCUT2D eigenvalue weighted by molar-refractivity contribution is -0.137. The molecule has 1 spiro atoms. The molecule has 0 bridgehead atoms. The second-order valence-electron chi connectivity index (χ2n) is 11.7. The maximum atomic E-state index is 16.4. The fourth-order valence-corrected chi connectivity index (χ4v) is 6.56. The molecule has 0 radical (unpaired) electrons. The number of benzene rings is 1. The molecule has 0 saturated carbocycles. The van der Waals surface area contributed by atoms with Crippen LogP contribution in [0.4, 0.5) is 23.2 Å². The predicted octanol–water partition coefficient (Wildman–Crippen LogP) is 3.72. The number of nitrogens with one attached hydrogen (secondary N) is 1. The summed E-state index contributed by atoms with van der Waals surface area (Å²) in [5.74, 6) is -1.66. The topological polar surface area (TPSA) is 153 Å². The van der Waals surface area contributed by atoms with Crippen LogP contribution in [0.25, 0.3) is 11.4 Å². The molecule has 13 nitrogen and oxygen atoms in total. The van der Waals surface area contributed by atoms with Crippen LogP contribution in [0.5, 0.6) is 5.75 Å². The Morgan fingerprint density at radius 1 is 1.22 bits per heavy atom. The zero-order chi connectivity index (χ0) is 34.7. The quantitative estimate of drug-likeness (QED) is 0.296. The monoisotopic (exact) mass is 703 g/mol. The molecule has 49 heavy (non-hydrogen) atoms. The smallest absolute Gasteiger partial charge is 0.416 e. The lowest BCUT2D eigenvalue weighted by atomic mass is 9.83. The van der Waals surface area contributed by atoms with Crippen LogP contribution in [-0.2, 0) is 39.2 Å². The number of hydrogen-bond donors (Lipinski definition) is 2. The van der Waals surface area contributed by atoms with Crippen LogP contribution in [0, 0.1) is 0 Å². The number of likely N-dealkylation sites (tertiary alicyclic amines) is 1. The normalized spacial score (nSPS) is 20.8. The van der Waals surface area contributed by atoms with Gasteiger partial charge in [-0.1, -0.05) is 17.7 Å². The van der Waals surface area contributed by atoms with Gasteiger partial charge in [0.15, 0.2) is 17.7 Å². The number of nitrogens with zero attached hydrogens (tertiary/aromatic N) is 6. The first-order valence-corrected chi connectivity index (χ1v) is 15.4. The molecular formula is C31H26ClF4N7O6. The maximum Gasteiger partial charge on any atom is 0.416 e. The summed E-state index contributed by atoms with van der Waals surface area (Å²) in [6, 6.07) is 5.20. The van der Waals surface area contributed by atoms with Crippen molar-refractivity contribution in [1.29, 1.82) is 0 Å². The van der Waals surface area contributed by atoms with Gasteiger partial charge in [0, 0.05) is 19.2 Å². The average molecular weight is 704 g/mol. The number of rotatable bonds is 5. The van der Waals surface area contributed by atoms with Crippen molar-refractivity contribution in [2.75, 3.05) is 31.6 Å². The van der Waals surface area contributed by atoms with Crippen LogP contribution < -0.4 is 10.9 Å².